The number of pyridine rings is 1. The molecule has 1 heterocycles. The highest BCUT2D eigenvalue weighted by atomic mass is 16.5. The predicted octanol–water partition coefficient (Wildman–Crippen LogP) is 3.71. The molecular formula is C18H28N2O3. The standard InChI is InChI=1S/C18H28N2O3/c1-5-10-23-16-14(3)11-15(12-19-16)20-17(21)18(22-4)8-6-13(2)7-9-18/h11-13H,5-10H2,1-4H3,(H,20,21). The van der Waals surface area contributed by atoms with Gasteiger partial charge < -0.3 is 14.8 Å². The first-order valence-corrected chi connectivity index (χ1v) is 8.47. The predicted molar refractivity (Wildman–Crippen MR) is 90.8 cm³/mol. The number of carbonyl (C=O) groups is 1. The van der Waals surface area contributed by atoms with Crippen LogP contribution in [0.2, 0.25) is 0 Å². The highest BCUT2D eigenvalue weighted by Gasteiger charge is 2.41. The van der Waals surface area contributed by atoms with Gasteiger partial charge in [0.1, 0.15) is 5.60 Å². The van der Waals surface area contributed by atoms with Crippen LogP contribution >= 0.6 is 0 Å². The van der Waals surface area contributed by atoms with Crippen molar-refractivity contribution in [1.29, 1.82) is 0 Å². The van der Waals surface area contributed by atoms with Crippen LogP contribution in [-0.2, 0) is 9.53 Å². The number of ether oxygens (including phenoxy) is 2. The first-order chi connectivity index (χ1) is 11.0. The molecule has 1 fully saturated rings. The van der Waals surface area contributed by atoms with E-state index in [0.29, 0.717) is 24.1 Å². The number of aromatic nitrogens is 1. The fourth-order valence-corrected chi connectivity index (χ4v) is 2.98. The molecule has 0 spiro atoms. The molecule has 1 aliphatic rings. The van der Waals surface area contributed by atoms with Crippen LogP contribution in [0, 0.1) is 12.8 Å². The summed E-state index contributed by atoms with van der Waals surface area (Å²) in [5, 5.41) is 2.96. The number of carbonyl (C=O) groups excluding carboxylic acids is 1. The Labute approximate surface area is 138 Å². The monoisotopic (exact) mass is 320 g/mol. The van der Waals surface area contributed by atoms with Crippen molar-refractivity contribution >= 4 is 11.6 Å². The molecule has 1 aromatic heterocycles. The molecular weight excluding hydrogens is 292 g/mol. The number of rotatable bonds is 6. The molecule has 0 saturated heterocycles. The van der Waals surface area contributed by atoms with Crippen molar-refractivity contribution in [1.82, 2.24) is 4.98 Å². The number of methoxy groups -OCH3 is 1. The lowest BCUT2D eigenvalue weighted by Crippen LogP contribution is -2.47. The average Bonchev–Trinajstić information content (AvgIpc) is 2.55. The zero-order valence-corrected chi connectivity index (χ0v) is 14.6. The second kappa shape index (κ2) is 7.77. The van der Waals surface area contributed by atoms with Crippen LogP contribution in [0.25, 0.3) is 0 Å². The van der Waals surface area contributed by atoms with Crippen molar-refractivity contribution in [2.24, 2.45) is 5.92 Å². The van der Waals surface area contributed by atoms with E-state index in [1.807, 2.05) is 13.0 Å². The van der Waals surface area contributed by atoms with Crippen LogP contribution in [0.4, 0.5) is 5.69 Å². The fourth-order valence-electron chi connectivity index (χ4n) is 2.98. The van der Waals surface area contributed by atoms with Crippen LogP contribution in [0.5, 0.6) is 5.88 Å². The summed E-state index contributed by atoms with van der Waals surface area (Å²) in [4.78, 5) is 17.0. The van der Waals surface area contributed by atoms with Crippen LogP contribution in [-0.4, -0.2) is 30.2 Å². The minimum absolute atomic E-state index is 0.0738. The second-order valence-electron chi connectivity index (χ2n) is 6.53. The van der Waals surface area contributed by atoms with Gasteiger partial charge in [-0.2, -0.15) is 0 Å². The van der Waals surface area contributed by atoms with E-state index in [2.05, 4.69) is 24.1 Å². The smallest absolute Gasteiger partial charge is 0.256 e. The lowest BCUT2D eigenvalue weighted by molar-refractivity contribution is -0.142. The Balaban J connectivity index is 2.05. The summed E-state index contributed by atoms with van der Waals surface area (Å²) >= 11 is 0. The van der Waals surface area contributed by atoms with Gasteiger partial charge in [0.05, 0.1) is 18.5 Å². The van der Waals surface area contributed by atoms with Crippen molar-refractivity contribution in [3.05, 3.63) is 17.8 Å². The SMILES string of the molecule is CCCOc1ncc(NC(=O)C2(OC)CCC(C)CC2)cc1C. The topological polar surface area (TPSA) is 60.5 Å². The van der Waals surface area contributed by atoms with Gasteiger partial charge in [-0.05, 0) is 51.0 Å². The molecule has 1 saturated carbocycles. The van der Waals surface area contributed by atoms with E-state index in [9.17, 15) is 4.79 Å². The largest absolute Gasteiger partial charge is 0.477 e. The van der Waals surface area contributed by atoms with Crippen molar-refractivity contribution in [3.63, 3.8) is 0 Å². The molecule has 1 N–H and O–H groups in total. The third-order valence-corrected chi connectivity index (χ3v) is 4.62. The third-order valence-electron chi connectivity index (χ3n) is 4.62. The second-order valence-corrected chi connectivity index (χ2v) is 6.53. The Morgan fingerprint density at radius 2 is 2.13 bits per heavy atom. The number of hydrogen-bond donors (Lipinski definition) is 1. The lowest BCUT2D eigenvalue weighted by Gasteiger charge is -2.36. The summed E-state index contributed by atoms with van der Waals surface area (Å²) in [7, 11) is 1.63. The zero-order chi connectivity index (χ0) is 16.9. The lowest BCUT2D eigenvalue weighted by atomic mass is 9.79. The van der Waals surface area contributed by atoms with Gasteiger partial charge in [0.15, 0.2) is 0 Å². The molecule has 1 aliphatic carbocycles. The van der Waals surface area contributed by atoms with E-state index < -0.39 is 5.60 Å². The molecule has 5 heteroatoms. The normalized spacial score (nSPS) is 24.3. The summed E-state index contributed by atoms with van der Waals surface area (Å²) in [6, 6.07) is 1.89. The van der Waals surface area contributed by atoms with Gasteiger partial charge >= 0.3 is 0 Å². The van der Waals surface area contributed by atoms with E-state index in [1.165, 1.54) is 0 Å². The van der Waals surface area contributed by atoms with E-state index in [4.69, 9.17) is 9.47 Å². The number of hydrogen-bond acceptors (Lipinski definition) is 4. The zero-order valence-electron chi connectivity index (χ0n) is 14.6. The van der Waals surface area contributed by atoms with Gasteiger partial charge in [-0.25, -0.2) is 4.98 Å². The molecule has 1 aromatic rings. The van der Waals surface area contributed by atoms with Crippen LogP contribution in [0.15, 0.2) is 12.3 Å². The number of nitrogens with one attached hydrogen (secondary N) is 1. The third kappa shape index (κ3) is 4.22. The number of nitrogens with zero attached hydrogens (tertiary/aromatic N) is 1. The molecule has 5 nitrogen and oxygen atoms in total. The molecule has 0 atom stereocenters. The highest BCUT2D eigenvalue weighted by Crippen LogP contribution is 2.35. The Morgan fingerprint density at radius 3 is 2.70 bits per heavy atom. The first-order valence-electron chi connectivity index (χ1n) is 8.47. The molecule has 0 aliphatic heterocycles. The Morgan fingerprint density at radius 1 is 1.43 bits per heavy atom. The molecule has 0 bridgehead atoms. The molecule has 2 rings (SSSR count). The van der Waals surface area contributed by atoms with Crippen molar-refractivity contribution in [3.8, 4) is 5.88 Å². The summed E-state index contributed by atoms with van der Waals surface area (Å²) < 4.78 is 11.2. The molecule has 0 radical (unpaired) electrons. The minimum Gasteiger partial charge on any atom is -0.477 e. The average molecular weight is 320 g/mol. The molecule has 0 unspecified atom stereocenters. The van der Waals surface area contributed by atoms with Gasteiger partial charge in [-0.1, -0.05) is 13.8 Å². The quantitative estimate of drug-likeness (QED) is 0.868. The maximum absolute atomic E-state index is 12.7. The van der Waals surface area contributed by atoms with Crippen LogP contribution in [0.1, 0.15) is 51.5 Å². The van der Waals surface area contributed by atoms with Crippen molar-refractivity contribution in [2.75, 3.05) is 19.0 Å². The summed E-state index contributed by atoms with van der Waals surface area (Å²) in [6.45, 7) is 6.85. The van der Waals surface area contributed by atoms with Gasteiger partial charge in [0.2, 0.25) is 5.88 Å². The molecule has 128 valence electrons. The van der Waals surface area contributed by atoms with Gasteiger partial charge in [0.25, 0.3) is 5.91 Å². The maximum Gasteiger partial charge on any atom is 0.256 e. The molecule has 23 heavy (non-hydrogen) atoms. The van der Waals surface area contributed by atoms with E-state index in [1.54, 1.807) is 13.3 Å². The number of anilines is 1. The van der Waals surface area contributed by atoms with E-state index in [0.717, 1.165) is 37.7 Å². The highest BCUT2D eigenvalue weighted by molar-refractivity contribution is 5.97. The number of aryl methyl sites for hydroxylation is 1. The summed E-state index contributed by atoms with van der Waals surface area (Å²) in [5.74, 6) is 1.21. The van der Waals surface area contributed by atoms with Gasteiger partial charge in [-0.3, -0.25) is 4.79 Å². The fraction of sp³-hybridized carbons (Fsp3) is 0.667. The van der Waals surface area contributed by atoms with Gasteiger partial charge in [-0.15, -0.1) is 0 Å². The first kappa shape index (κ1) is 17.7. The van der Waals surface area contributed by atoms with E-state index in [-0.39, 0.29) is 5.91 Å². The summed E-state index contributed by atoms with van der Waals surface area (Å²) in [5.41, 5.74) is 0.893. The Kier molecular flexibility index (Phi) is 5.99. The molecule has 1 amide bonds. The summed E-state index contributed by atoms with van der Waals surface area (Å²) in [6.07, 6.45) is 6.14. The van der Waals surface area contributed by atoms with Crippen molar-refractivity contribution < 1.29 is 14.3 Å². The van der Waals surface area contributed by atoms with Crippen LogP contribution in [0.3, 0.4) is 0 Å². The minimum atomic E-state index is -0.711. The Hall–Kier alpha value is -1.62. The van der Waals surface area contributed by atoms with E-state index >= 15 is 0 Å². The number of amides is 1. The van der Waals surface area contributed by atoms with Crippen molar-refractivity contribution in [2.45, 2.75) is 58.5 Å². The maximum atomic E-state index is 12.7. The Bertz CT molecular complexity index is 537. The van der Waals surface area contributed by atoms with Crippen LogP contribution < -0.4 is 10.1 Å². The van der Waals surface area contributed by atoms with Gasteiger partial charge in [0, 0.05) is 12.7 Å². The molecule has 0 aromatic carbocycles.